The monoisotopic (exact) mass is 222 g/mol. The van der Waals surface area contributed by atoms with Crippen LogP contribution in [-0.2, 0) is 6.54 Å². The van der Waals surface area contributed by atoms with E-state index in [2.05, 4.69) is 42.3 Å². The molecule has 16 heavy (non-hydrogen) atoms. The Bertz CT molecular complexity index is 330. The van der Waals surface area contributed by atoms with E-state index in [9.17, 15) is 0 Å². The van der Waals surface area contributed by atoms with E-state index in [0.29, 0.717) is 12.1 Å². The Balaban J connectivity index is 2.06. The number of aryl methyl sites for hydroxylation is 1. The Morgan fingerprint density at radius 3 is 2.75 bits per heavy atom. The highest BCUT2D eigenvalue weighted by molar-refractivity contribution is 5.10. The summed E-state index contributed by atoms with van der Waals surface area (Å²) in [6, 6.07) is 1.17. The van der Waals surface area contributed by atoms with Crippen LogP contribution in [0.15, 0.2) is 12.4 Å². The average Bonchev–Trinajstić information content (AvgIpc) is 2.70. The fourth-order valence-corrected chi connectivity index (χ4v) is 2.32. The van der Waals surface area contributed by atoms with Gasteiger partial charge in [0.05, 0.1) is 6.20 Å². The van der Waals surface area contributed by atoms with E-state index in [1.165, 1.54) is 5.56 Å². The highest BCUT2D eigenvalue weighted by Gasteiger charge is 2.28. The van der Waals surface area contributed by atoms with Crippen molar-refractivity contribution in [3.05, 3.63) is 18.0 Å². The molecule has 0 saturated carbocycles. The molecule has 0 bridgehead atoms. The molecule has 0 amide bonds. The van der Waals surface area contributed by atoms with Crippen LogP contribution in [0.3, 0.4) is 0 Å². The SMILES string of the molecule is CCN(C1CNC1)C(C)c1cnn(CC)c1. The van der Waals surface area contributed by atoms with Gasteiger partial charge in [0.15, 0.2) is 0 Å². The second kappa shape index (κ2) is 4.97. The van der Waals surface area contributed by atoms with E-state index in [4.69, 9.17) is 0 Å². The first-order valence-corrected chi connectivity index (χ1v) is 6.25. The maximum Gasteiger partial charge on any atom is 0.0537 e. The minimum atomic E-state index is 0.470. The molecular formula is C12H22N4. The van der Waals surface area contributed by atoms with E-state index in [-0.39, 0.29) is 0 Å². The molecule has 1 unspecified atom stereocenters. The summed E-state index contributed by atoms with van der Waals surface area (Å²) in [5.74, 6) is 0. The molecule has 2 rings (SSSR count). The van der Waals surface area contributed by atoms with Gasteiger partial charge in [0.25, 0.3) is 0 Å². The van der Waals surface area contributed by atoms with Crippen LogP contribution in [0.1, 0.15) is 32.4 Å². The third-order valence-electron chi connectivity index (χ3n) is 3.55. The van der Waals surface area contributed by atoms with Gasteiger partial charge in [-0.3, -0.25) is 9.58 Å². The normalized spacial score (nSPS) is 18.8. The lowest BCUT2D eigenvalue weighted by Crippen LogP contribution is -2.57. The molecular weight excluding hydrogens is 200 g/mol. The van der Waals surface area contributed by atoms with Gasteiger partial charge in [-0.2, -0.15) is 5.10 Å². The van der Waals surface area contributed by atoms with Gasteiger partial charge < -0.3 is 5.32 Å². The molecule has 4 heteroatoms. The van der Waals surface area contributed by atoms with Crippen LogP contribution in [0.2, 0.25) is 0 Å². The summed E-state index contributed by atoms with van der Waals surface area (Å²) in [7, 11) is 0. The number of nitrogens with one attached hydrogen (secondary N) is 1. The van der Waals surface area contributed by atoms with Crippen molar-refractivity contribution in [1.29, 1.82) is 0 Å². The summed E-state index contributed by atoms with van der Waals surface area (Å²) in [6.45, 7) is 10.9. The molecule has 90 valence electrons. The number of hydrogen-bond acceptors (Lipinski definition) is 3. The number of rotatable bonds is 5. The second-order valence-electron chi connectivity index (χ2n) is 4.45. The molecule has 1 N–H and O–H groups in total. The topological polar surface area (TPSA) is 33.1 Å². The van der Waals surface area contributed by atoms with Crippen molar-refractivity contribution in [3.63, 3.8) is 0 Å². The molecule has 1 aromatic heterocycles. The van der Waals surface area contributed by atoms with Crippen molar-refractivity contribution in [2.24, 2.45) is 0 Å². The predicted octanol–water partition coefficient (Wildman–Crippen LogP) is 1.26. The molecule has 0 radical (unpaired) electrons. The van der Waals surface area contributed by atoms with Crippen LogP contribution in [0.25, 0.3) is 0 Å². The number of hydrogen-bond donors (Lipinski definition) is 1. The maximum atomic E-state index is 4.35. The third kappa shape index (κ3) is 2.13. The first kappa shape index (κ1) is 11.6. The zero-order valence-corrected chi connectivity index (χ0v) is 10.5. The largest absolute Gasteiger partial charge is 0.314 e. The molecule has 1 aliphatic rings. The molecule has 2 heterocycles. The van der Waals surface area contributed by atoms with E-state index in [1.807, 2.05) is 10.9 Å². The summed E-state index contributed by atoms with van der Waals surface area (Å²) >= 11 is 0. The highest BCUT2D eigenvalue weighted by atomic mass is 15.3. The summed E-state index contributed by atoms with van der Waals surface area (Å²) in [6.07, 6.45) is 4.17. The van der Waals surface area contributed by atoms with Crippen LogP contribution in [-0.4, -0.2) is 40.4 Å². The minimum absolute atomic E-state index is 0.470. The van der Waals surface area contributed by atoms with Crippen molar-refractivity contribution in [2.75, 3.05) is 19.6 Å². The molecule has 4 nitrogen and oxygen atoms in total. The van der Waals surface area contributed by atoms with Crippen molar-refractivity contribution >= 4 is 0 Å². The Labute approximate surface area is 97.6 Å². The zero-order chi connectivity index (χ0) is 11.5. The van der Waals surface area contributed by atoms with E-state index >= 15 is 0 Å². The summed E-state index contributed by atoms with van der Waals surface area (Å²) in [5, 5.41) is 7.69. The van der Waals surface area contributed by atoms with Crippen LogP contribution in [0.4, 0.5) is 0 Å². The second-order valence-corrected chi connectivity index (χ2v) is 4.45. The Morgan fingerprint density at radius 1 is 1.56 bits per heavy atom. The van der Waals surface area contributed by atoms with Crippen LogP contribution in [0, 0.1) is 0 Å². The van der Waals surface area contributed by atoms with Gasteiger partial charge >= 0.3 is 0 Å². The molecule has 1 aliphatic heterocycles. The number of aromatic nitrogens is 2. The summed E-state index contributed by atoms with van der Waals surface area (Å²) in [4.78, 5) is 2.55. The first-order valence-electron chi connectivity index (χ1n) is 6.25. The standard InChI is InChI=1S/C12H22N4/c1-4-15-9-11(6-14-15)10(3)16(5-2)12-7-13-8-12/h6,9-10,12-13H,4-5,7-8H2,1-3H3. The van der Waals surface area contributed by atoms with E-state index in [1.54, 1.807) is 0 Å². The lowest BCUT2D eigenvalue weighted by Gasteiger charge is -2.41. The predicted molar refractivity (Wildman–Crippen MR) is 65.4 cm³/mol. The minimum Gasteiger partial charge on any atom is -0.314 e. The van der Waals surface area contributed by atoms with Gasteiger partial charge in [-0.25, -0.2) is 0 Å². The molecule has 0 aromatic carbocycles. The van der Waals surface area contributed by atoms with Gasteiger partial charge in [-0.05, 0) is 20.4 Å². The highest BCUT2D eigenvalue weighted by Crippen LogP contribution is 2.23. The van der Waals surface area contributed by atoms with Crippen molar-refractivity contribution in [1.82, 2.24) is 20.0 Å². The van der Waals surface area contributed by atoms with Crippen LogP contribution in [0.5, 0.6) is 0 Å². The molecule has 0 spiro atoms. The average molecular weight is 222 g/mol. The van der Waals surface area contributed by atoms with Crippen LogP contribution < -0.4 is 5.32 Å². The summed E-state index contributed by atoms with van der Waals surface area (Å²) < 4.78 is 2.00. The first-order chi connectivity index (χ1) is 7.76. The van der Waals surface area contributed by atoms with Crippen molar-refractivity contribution in [3.8, 4) is 0 Å². The number of nitrogens with zero attached hydrogens (tertiary/aromatic N) is 3. The van der Waals surface area contributed by atoms with Crippen molar-refractivity contribution < 1.29 is 0 Å². The van der Waals surface area contributed by atoms with Gasteiger partial charge in [-0.1, -0.05) is 6.92 Å². The quantitative estimate of drug-likeness (QED) is 0.814. The zero-order valence-electron chi connectivity index (χ0n) is 10.5. The van der Waals surface area contributed by atoms with Gasteiger partial charge in [0.1, 0.15) is 0 Å². The van der Waals surface area contributed by atoms with E-state index < -0.39 is 0 Å². The lowest BCUT2D eigenvalue weighted by atomic mass is 10.1. The third-order valence-corrected chi connectivity index (χ3v) is 3.55. The van der Waals surface area contributed by atoms with Gasteiger partial charge in [-0.15, -0.1) is 0 Å². The summed E-state index contributed by atoms with van der Waals surface area (Å²) in [5.41, 5.74) is 1.33. The Kier molecular flexibility index (Phi) is 3.61. The van der Waals surface area contributed by atoms with Crippen LogP contribution >= 0.6 is 0 Å². The van der Waals surface area contributed by atoms with E-state index in [0.717, 1.165) is 26.2 Å². The van der Waals surface area contributed by atoms with Crippen molar-refractivity contribution in [2.45, 2.75) is 39.4 Å². The maximum absolute atomic E-state index is 4.35. The fourth-order valence-electron chi connectivity index (χ4n) is 2.32. The number of likely N-dealkylation sites (N-methyl/N-ethyl adjacent to an activating group) is 1. The Hall–Kier alpha value is -0.870. The molecule has 1 saturated heterocycles. The van der Waals surface area contributed by atoms with Gasteiger partial charge in [0, 0.05) is 43.5 Å². The molecule has 0 aliphatic carbocycles. The molecule has 1 aromatic rings. The fraction of sp³-hybridized carbons (Fsp3) is 0.750. The molecule has 1 atom stereocenters. The Morgan fingerprint density at radius 2 is 2.31 bits per heavy atom. The van der Waals surface area contributed by atoms with Gasteiger partial charge in [0.2, 0.25) is 0 Å². The lowest BCUT2D eigenvalue weighted by molar-refractivity contribution is 0.110. The smallest absolute Gasteiger partial charge is 0.0537 e. The molecule has 1 fully saturated rings.